The van der Waals surface area contributed by atoms with Crippen molar-refractivity contribution in [2.24, 2.45) is 0 Å². The van der Waals surface area contributed by atoms with Crippen LogP contribution in [0.1, 0.15) is 41.2 Å². The number of nitrogens with one attached hydrogen (secondary N) is 1. The zero-order chi connectivity index (χ0) is 19.3. The van der Waals surface area contributed by atoms with E-state index in [0.29, 0.717) is 18.1 Å². The van der Waals surface area contributed by atoms with Gasteiger partial charge in [0, 0.05) is 24.6 Å². The molecule has 1 amide bonds. The van der Waals surface area contributed by atoms with Crippen LogP contribution in [0.4, 0.5) is 16.0 Å². The number of carbonyl (C=O) groups is 1. The van der Waals surface area contributed by atoms with Crippen LogP contribution < -0.4 is 5.32 Å². The van der Waals surface area contributed by atoms with E-state index < -0.39 is 0 Å². The van der Waals surface area contributed by atoms with Crippen molar-refractivity contribution < 1.29 is 9.18 Å². The Morgan fingerprint density at radius 1 is 1.00 bits per heavy atom. The third-order valence-corrected chi connectivity index (χ3v) is 4.95. The van der Waals surface area contributed by atoms with Crippen molar-refractivity contribution >= 4 is 17.5 Å². The van der Waals surface area contributed by atoms with Gasteiger partial charge in [0.1, 0.15) is 5.82 Å². The highest BCUT2D eigenvalue weighted by Crippen LogP contribution is 2.32. The van der Waals surface area contributed by atoms with Gasteiger partial charge in [-0.05, 0) is 49.1 Å². The van der Waals surface area contributed by atoms with E-state index in [-0.39, 0.29) is 17.8 Å². The second-order valence-electron chi connectivity index (χ2n) is 6.85. The fourth-order valence-corrected chi connectivity index (χ4v) is 3.53. The number of amides is 1. The molecule has 0 saturated carbocycles. The van der Waals surface area contributed by atoms with E-state index in [4.69, 9.17) is 0 Å². The average molecular weight is 376 g/mol. The molecule has 3 aromatic rings. The molecule has 0 bridgehead atoms. The Morgan fingerprint density at radius 2 is 1.71 bits per heavy atom. The first kappa shape index (κ1) is 18.1. The fraction of sp³-hybridized carbons (Fsp3) is 0.227. The van der Waals surface area contributed by atoms with Gasteiger partial charge >= 0.3 is 0 Å². The lowest BCUT2D eigenvalue weighted by Gasteiger charge is -2.36. The molecule has 1 aliphatic heterocycles. The fourth-order valence-electron chi connectivity index (χ4n) is 3.53. The molecule has 0 radical (unpaired) electrons. The van der Waals surface area contributed by atoms with Gasteiger partial charge < -0.3 is 10.2 Å². The molecule has 1 N–H and O–H groups in total. The van der Waals surface area contributed by atoms with Crippen LogP contribution in [0, 0.1) is 5.82 Å². The molecule has 142 valence electrons. The van der Waals surface area contributed by atoms with Crippen LogP contribution in [0.5, 0.6) is 0 Å². The van der Waals surface area contributed by atoms with Gasteiger partial charge in [0.25, 0.3) is 5.91 Å². The minimum absolute atomic E-state index is 0.0519. The van der Waals surface area contributed by atoms with Gasteiger partial charge in [0.2, 0.25) is 5.95 Å². The first-order valence-electron chi connectivity index (χ1n) is 9.41. The second kappa shape index (κ2) is 8.17. The summed E-state index contributed by atoms with van der Waals surface area (Å²) in [5.41, 5.74) is 2.29. The summed E-state index contributed by atoms with van der Waals surface area (Å²) in [6.45, 7) is 0.672. The van der Waals surface area contributed by atoms with Gasteiger partial charge in [-0.3, -0.25) is 4.79 Å². The standard InChI is InChI=1S/C22H21FN4O/c23-18-11-9-16(10-12-18)20-8-4-5-13-27(20)21(28)17-14-24-22(25-15-17)26-19-6-2-1-3-7-19/h1-3,6-7,9-12,14-15,20H,4-5,8,13H2,(H,24,25,26)/t20-/m0/s1. The first-order chi connectivity index (χ1) is 13.7. The molecule has 0 unspecified atom stereocenters. The molecule has 5 nitrogen and oxygen atoms in total. The summed E-state index contributed by atoms with van der Waals surface area (Å²) < 4.78 is 13.3. The maximum Gasteiger partial charge on any atom is 0.257 e. The van der Waals surface area contributed by atoms with Crippen LogP contribution >= 0.6 is 0 Å². The van der Waals surface area contributed by atoms with Crippen molar-refractivity contribution in [3.8, 4) is 0 Å². The quantitative estimate of drug-likeness (QED) is 0.715. The Labute approximate surface area is 163 Å². The molecule has 1 aliphatic rings. The normalized spacial score (nSPS) is 16.6. The minimum atomic E-state index is -0.271. The van der Waals surface area contributed by atoms with Gasteiger partial charge in [-0.2, -0.15) is 0 Å². The lowest BCUT2D eigenvalue weighted by atomic mass is 9.94. The molecule has 1 atom stereocenters. The van der Waals surface area contributed by atoms with E-state index >= 15 is 0 Å². The van der Waals surface area contributed by atoms with E-state index in [9.17, 15) is 9.18 Å². The SMILES string of the molecule is O=C(c1cnc(Nc2ccccc2)nc1)N1CCCC[C@H]1c1ccc(F)cc1. The summed E-state index contributed by atoms with van der Waals surface area (Å²) in [6, 6.07) is 16.0. The van der Waals surface area contributed by atoms with E-state index in [0.717, 1.165) is 30.5 Å². The number of hydrogen-bond acceptors (Lipinski definition) is 4. The number of likely N-dealkylation sites (tertiary alicyclic amines) is 1. The number of anilines is 2. The molecule has 0 spiro atoms. The van der Waals surface area contributed by atoms with Gasteiger partial charge in [-0.15, -0.1) is 0 Å². The van der Waals surface area contributed by atoms with Crippen molar-refractivity contribution in [3.63, 3.8) is 0 Å². The number of rotatable bonds is 4. The van der Waals surface area contributed by atoms with E-state index in [2.05, 4.69) is 15.3 Å². The monoisotopic (exact) mass is 376 g/mol. The molecule has 1 aromatic heterocycles. The van der Waals surface area contributed by atoms with Crippen molar-refractivity contribution in [2.45, 2.75) is 25.3 Å². The smallest absolute Gasteiger partial charge is 0.257 e. The highest BCUT2D eigenvalue weighted by Gasteiger charge is 2.29. The predicted octanol–water partition coefficient (Wildman–Crippen LogP) is 4.73. The maximum absolute atomic E-state index is 13.3. The Hall–Kier alpha value is -3.28. The number of carbonyl (C=O) groups excluding carboxylic acids is 1. The van der Waals surface area contributed by atoms with Crippen molar-refractivity contribution in [1.29, 1.82) is 0 Å². The molecule has 1 saturated heterocycles. The Kier molecular flexibility index (Phi) is 5.28. The first-order valence-corrected chi connectivity index (χ1v) is 9.41. The predicted molar refractivity (Wildman–Crippen MR) is 106 cm³/mol. The summed E-state index contributed by atoms with van der Waals surface area (Å²) in [7, 11) is 0. The van der Waals surface area contributed by atoms with E-state index in [1.165, 1.54) is 12.1 Å². The number of para-hydroxylation sites is 1. The molecule has 4 rings (SSSR count). The van der Waals surface area contributed by atoms with Crippen molar-refractivity contribution in [3.05, 3.63) is 83.9 Å². The molecule has 1 fully saturated rings. The van der Waals surface area contributed by atoms with Crippen molar-refractivity contribution in [1.82, 2.24) is 14.9 Å². The number of hydrogen-bond donors (Lipinski definition) is 1. The van der Waals surface area contributed by atoms with Gasteiger partial charge in [0.15, 0.2) is 0 Å². The molecular weight excluding hydrogens is 355 g/mol. The van der Waals surface area contributed by atoms with Crippen LogP contribution in [0.2, 0.25) is 0 Å². The Bertz CT molecular complexity index is 929. The van der Waals surface area contributed by atoms with Crippen LogP contribution in [0.3, 0.4) is 0 Å². The maximum atomic E-state index is 13.3. The zero-order valence-corrected chi connectivity index (χ0v) is 15.4. The largest absolute Gasteiger partial charge is 0.332 e. The Morgan fingerprint density at radius 3 is 2.43 bits per heavy atom. The average Bonchev–Trinajstić information content (AvgIpc) is 2.75. The molecule has 28 heavy (non-hydrogen) atoms. The summed E-state index contributed by atoms with van der Waals surface area (Å²) >= 11 is 0. The number of nitrogens with zero attached hydrogens (tertiary/aromatic N) is 3. The highest BCUT2D eigenvalue weighted by atomic mass is 19.1. The third kappa shape index (κ3) is 4.01. The summed E-state index contributed by atoms with van der Waals surface area (Å²) in [6.07, 6.45) is 5.97. The van der Waals surface area contributed by atoms with Gasteiger partial charge in [0.05, 0.1) is 11.6 Å². The van der Waals surface area contributed by atoms with Gasteiger partial charge in [-0.1, -0.05) is 30.3 Å². The van der Waals surface area contributed by atoms with Gasteiger partial charge in [-0.25, -0.2) is 14.4 Å². The third-order valence-electron chi connectivity index (χ3n) is 4.95. The molecule has 2 aromatic carbocycles. The number of aromatic nitrogens is 2. The van der Waals surface area contributed by atoms with E-state index in [1.807, 2.05) is 35.2 Å². The van der Waals surface area contributed by atoms with Crippen LogP contribution in [-0.2, 0) is 0 Å². The Balaban J connectivity index is 1.51. The second-order valence-corrected chi connectivity index (χ2v) is 6.85. The number of halogens is 1. The van der Waals surface area contributed by atoms with E-state index in [1.54, 1.807) is 24.5 Å². The topological polar surface area (TPSA) is 58.1 Å². The molecule has 2 heterocycles. The summed E-state index contributed by atoms with van der Waals surface area (Å²) in [4.78, 5) is 23.5. The lowest BCUT2D eigenvalue weighted by Crippen LogP contribution is -2.38. The minimum Gasteiger partial charge on any atom is -0.332 e. The molecular formula is C22H21FN4O. The zero-order valence-electron chi connectivity index (χ0n) is 15.4. The summed E-state index contributed by atoms with van der Waals surface area (Å²) in [5, 5.41) is 3.11. The van der Waals surface area contributed by atoms with Crippen LogP contribution in [0.25, 0.3) is 0 Å². The summed E-state index contributed by atoms with van der Waals surface area (Å²) in [5.74, 6) is 0.0732. The number of piperidine rings is 1. The molecule has 0 aliphatic carbocycles. The highest BCUT2D eigenvalue weighted by molar-refractivity contribution is 5.94. The van der Waals surface area contributed by atoms with Crippen LogP contribution in [0.15, 0.2) is 67.0 Å². The number of benzene rings is 2. The lowest BCUT2D eigenvalue weighted by molar-refractivity contribution is 0.0610. The molecule has 6 heteroatoms. The van der Waals surface area contributed by atoms with Crippen molar-refractivity contribution in [2.75, 3.05) is 11.9 Å². The van der Waals surface area contributed by atoms with Crippen LogP contribution in [-0.4, -0.2) is 27.3 Å².